The number of benzene rings is 6. The van der Waals surface area contributed by atoms with Gasteiger partial charge in [-0.25, -0.2) is 0 Å². The molecule has 0 saturated heterocycles. The first-order valence-electron chi connectivity index (χ1n) is 15.6. The van der Waals surface area contributed by atoms with Crippen LogP contribution in [0.3, 0.4) is 0 Å². The fraction of sp³-hybridized carbons (Fsp3) is 0. The Bertz CT molecular complexity index is 2430. The minimum absolute atomic E-state index is 0.0169. The third-order valence-corrected chi connectivity index (χ3v) is 9.39. The standard InChI is InChI=1S/C41H25BN2O2/c1-4-13-35-30(9-1)31-10-2-5-14-36(31)44(35)29-19-16-26(17-20-29)28-24-39-41-40(25-28)46-38-23-27(34-12-7-8-22-43-34)18-21-33(38)42(41)32-11-3-6-15-37(32)45-39/h1-25H. The van der Waals surface area contributed by atoms with Crippen molar-refractivity contribution in [3.8, 4) is 51.1 Å². The number of hydrogen-bond donors (Lipinski definition) is 0. The number of rotatable bonds is 3. The van der Waals surface area contributed by atoms with Gasteiger partial charge in [0, 0.05) is 33.7 Å². The molecule has 0 unspecified atom stereocenters. The number of aromatic nitrogens is 2. The van der Waals surface area contributed by atoms with Gasteiger partial charge in [0.25, 0.3) is 6.71 Å². The van der Waals surface area contributed by atoms with Crippen molar-refractivity contribution in [2.24, 2.45) is 0 Å². The highest BCUT2D eigenvalue weighted by Crippen LogP contribution is 2.39. The lowest BCUT2D eigenvalue weighted by atomic mass is 9.35. The van der Waals surface area contributed by atoms with E-state index in [1.54, 1.807) is 0 Å². The maximum absolute atomic E-state index is 6.73. The summed E-state index contributed by atoms with van der Waals surface area (Å²) in [5, 5.41) is 2.51. The summed E-state index contributed by atoms with van der Waals surface area (Å²) >= 11 is 0. The van der Waals surface area contributed by atoms with Gasteiger partial charge in [-0.3, -0.25) is 4.98 Å². The topological polar surface area (TPSA) is 36.3 Å². The molecule has 0 fully saturated rings. The third-order valence-electron chi connectivity index (χ3n) is 9.39. The first-order valence-corrected chi connectivity index (χ1v) is 15.6. The Kier molecular flexibility index (Phi) is 5.34. The lowest BCUT2D eigenvalue weighted by Gasteiger charge is -2.33. The molecule has 0 atom stereocenters. The van der Waals surface area contributed by atoms with E-state index >= 15 is 0 Å². The van der Waals surface area contributed by atoms with Gasteiger partial charge < -0.3 is 14.0 Å². The second-order valence-corrected chi connectivity index (χ2v) is 11.9. The first kappa shape index (κ1) is 25.3. The number of fused-ring (bicyclic) bond motifs is 7. The Labute approximate surface area is 266 Å². The van der Waals surface area contributed by atoms with Crippen LogP contribution in [0.5, 0.6) is 23.0 Å². The smallest absolute Gasteiger partial charge is 0.260 e. The van der Waals surface area contributed by atoms with Crippen molar-refractivity contribution in [2.45, 2.75) is 0 Å². The van der Waals surface area contributed by atoms with Gasteiger partial charge in [0.1, 0.15) is 23.0 Å². The van der Waals surface area contributed by atoms with Crippen LogP contribution < -0.4 is 25.9 Å². The van der Waals surface area contributed by atoms with Crippen LogP contribution in [-0.4, -0.2) is 16.3 Å². The quantitative estimate of drug-likeness (QED) is 0.195. The highest BCUT2D eigenvalue weighted by atomic mass is 16.5. The van der Waals surface area contributed by atoms with Crippen LogP contribution in [-0.2, 0) is 0 Å². The molecule has 0 N–H and O–H groups in total. The monoisotopic (exact) mass is 588 g/mol. The zero-order valence-corrected chi connectivity index (χ0v) is 24.7. The van der Waals surface area contributed by atoms with Crippen molar-refractivity contribution in [1.29, 1.82) is 0 Å². The Morgan fingerprint density at radius 3 is 1.83 bits per heavy atom. The molecule has 4 heterocycles. The molecule has 214 valence electrons. The molecule has 0 amide bonds. The van der Waals surface area contributed by atoms with E-state index in [-0.39, 0.29) is 6.71 Å². The summed E-state index contributed by atoms with van der Waals surface area (Å²) in [5.74, 6) is 3.39. The summed E-state index contributed by atoms with van der Waals surface area (Å²) in [5.41, 5.74) is 11.0. The van der Waals surface area contributed by atoms with Crippen LogP contribution in [0.2, 0.25) is 0 Å². The molecular formula is C41H25BN2O2. The minimum atomic E-state index is 0.0169. The average molecular weight is 588 g/mol. The van der Waals surface area contributed by atoms with E-state index in [0.29, 0.717) is 0 Å². The number of nitrogens with zero attached hydrogens (tertiary/aromatic N) is 2. The molecule has 6 aromatic carbocycles. The van der Waals surface area contributed by atoms with Crippen molar-refractivity contribution in [2.75, 3.05) is 0 Å². The van der Waals surface area contributed by atoms with Gasteiger partial charge in [-0.05, 0) is 82.7 Å². The molecule has 2 aliphatic heterocycles. The molecule has 0 bridgehead atoms. The zero-order chi connectivity index (χ0) is 30.2. The largest absolute Gasteiger partial charge is 0.458 e. The van der Waals surface area contributed by atoms with Gasteiger partial charge >= 0.3 is 0 Å². The summed E-state index contributed by atoms with van der Waals surface area (Å²) in [6.07, 6.45) is 1.82. The third kappa shape index (κ3) is 3.72. The van der Waals surface area contributed by atoms with E-state index in [1.165, 1.54) is 21.8 Å². The van der Waals surface area contributed by atoms with Gasteiger partial charge in [-0.2, -0.15) is 0 Å². The number of ether oxygens (including phenoxy) is 2. The minimum Gasteiger partial charge on any atom is -0.458 e. The Morgan fingerprint density at radius 2 is 1.09 bits per heavy atom. The second-order valence-electron chi connectivity index (χ2n) is 11.9. The molecule has 10 rings (SSSR count). The summed E-state index contributed by atoms with van der Waals surface area (Å²) in [4.78, 5) is 4.58. The predicted octanol–water partition coefficient (Wildman–Crippen LogP) is 8.24. The van der Waals surface area contributed by atoms with Crippen molar-refractivity contribution < 1.29 is 9.47 Å². The molecular weight excluding hydrogens is 563 g/mol. The second kappa shape index (κ2) is 9.72. The van der Waals surface area contributed by atoms with Gasteiger partial charge in [0.15, 0.2) is 0 Å². The molecule has 8 aromatic rings. The van der Waals surface area contributed by atoms with Crippen LogP contribution in [0, 0.1) is 0 Å². The average Bonchev–Trinajstić information content (AvgIpc) is 3.46. The van der Waals surface area contributed by atoms with Crippen molar-refractivity contribution in [3.63, 3.8) is 0 Å². The molecule has 0 radical (unpaired) electrons. The van der Waals surface area contributed by atoms with Gasteiger partial charge in [-0.15, -0.1) is 0 Å². The molecule has 0 spiro atoms. The Hall–Kier alpha value is -6.07. The molecule has 2 aromatic heterocycles. The molecule has 0 saturated carbocycles. The lowest BCUT2D eigenvalue weighted by molar-refractivity contribution is 0.465. The molecule has 4 nitrogen and oxygen atoms in total. The van der Waals surface area contributed by atoms with E-state index in [0.717, 1.165) is 67.5 Å². The normalized spacial score (nSPS) is 12.7. The fourth-order valence-corrected chi connectivity index (χ4v) is 7.31. The fourth-order valence-electron chi connectivity index (χ4n) is 7.31. The SMILES string of the molecule is c1ccc(-c2ccc3c(c2)Oc2cc(-c4ccc(-n5c6ccccc6c6ccccc65)cc4)cc4c2B3c2ccccc2O4)nc1. The van der Waals surface area contributed by atoms with Gasteiger partial charge in [0.2, 0.25) is 0 Å². The Morgan fingerprint density at radius 1 is 0.478 bits per heavy atom. The zero-order valence-electron chi connectivity index (χ0n) is 24.7. The molecule has 0 aliphatic carbocycles. The number of para-hydroxylation sites is 3. The van der Waals surface area contributed by atoms with Crippen LogP contribution in [0.15, 0.2) is 152 Å². The van der Waals surface area contributed by atoms with Gasteiger partial charge in [0.05, 0.1) is 16.7 Å². The van der Waals surface area contributed by atoms with Crippen LogP contribution in [0.25, 0.3) is 49.9 Å². The number of pyridine rings is 1. The van der Waals surface area contributed by atoms with E-state index in [2.05, 4.69) is 131 Å². The molecule has 46 heavy (non-hydrogen) atoms. The molecule has 5 heteroatoms. The Balaban J connectivity index is 1.10. The summed E-state index contributed by atoms with van der Waals surface area (Å²) in [6, 6.07) is 51.1. The van der Waals surface area contributed by atoms with E-state index < -0.39 is 0 Å². The number of hydrogen-bond acceptors (Lipinski definition) is 3. The van der Waals surface area contributed by atoms with Crippen LogP contribution >= 0.6 is 0 Å². The van der Waals surface area contributed by atoms with E-state index in [1.807, 2.05) is 30.5 Å². The summed E-state index contributed by atoms with van der Waals surface area (Å²) in [6.45, 7) is 0.0169. The first-order chi connectivity index (χ1) is 22.8. The van der Waals surface area contributed by atoms with Crippen molar-refractivity contribution in [3.05, 3.63) is 152 Å². The highest BCUT2D eigenvalue weighted by molar-refractivity contribution is 6.98. The van der Waals surface area contributed by atoms with E-state index in [4.69, 9.17) is 9.47 Å². The highest BCUT2D eigenvalue weighted by Gasteiger charge is 2.40. The van der Waals surface area contributed by atoms with Crippen LogP contribution in [0.1, 0.15) is 0 Å². The van der Waals surface area contributed by atoms with Crippen molar-refractivity contribution >= 4 is 44.9 Å². The molecule has 2 aliphatic rings. The summed E-state index contributed by atoms with van der Waals surface area (Å²) in [7, 11) is 0. The van der Waals surface area contributed by atoms with E-state index in [9.17, 15) is 0 Å². The van der Waals surface area contributed by atoms with Crippen LogP contribution in [0.4, 0.5) is 0 Å². The maximum atomic E-state index is 6.73. The predicted molar refractivity (Wildman–Crippen MR) is 187 cm³/mol. The summed E-state index contributed by atoms with van der Waals surface area (Å²) < 4.78 is 15.7. The lowest BCUT2D eigenvalue weighted by Crippen LogP contribution is -2.57. The van der Waals surface area contributed by atoms with Gasteiger partial charge in [-0.1, -0.05) is 84.9 Å². The maximum Gasteiger partial charge on any atom is 0.260 e. The van der Waals surface area contributed by atoms with Crippen molar-refractivity contribution in [1.82, 2.24) is 9.55 Å².